The molecule has 1 aliphatic carbocycles. The molecule has 0 spiro atoms. The second-order valence-electron chi connectivity index (χ2n) is 5.77. The highest BCUT2D eigenvalue weighted by molar-refractivity contribution is 5.09. The third-order valence-corrected chi connectivity index (χ3v) is 4.22. The predicted molar refractivity (Wildman–Crippen MR) is 72.5 cm³/mol. The predicted octanol–water partition coefficient (Wildman–Crippen LogP) is 3.18. The van der Waals surface area contributed by atoms with Crippen LogP contribution in [0.4, 0.5) is 0 Å². The van der Waals surface area contributed by atoms with Crippen molar-refractivity contribution in [2.24, 2.45) is 5.41 Å². The van der Waals surface area contributed by atoms with Crippen LogP contribution in [-0.2, 0) is 0 Å². The van der Waals surface area contributed by atoms with Crippen LogP contribution in [0.1, 0.15) is 56.6 Å². The molecule has 102 valence electrons. The Balaban J connectivity index is 1.89. The zero-order chi connectivity index (χ0) is 13.0. The van der Waals surface area contributed by atoms with Crippen molar-refractivity contribution in [3.05, 3.63) is 23.7 Å². The number of nitrogens with one attached hydrogen (secondary N) is 1. The van der Waals surface area contributed by atoms with Crippen LogP contribution < -0.4 is 5.32 Å². The molecule has 0 bridgehead atoms. The molecule has 2 N–H and O–H groups in total. The molecular formula is C15H25NO2. The van der Waals surface area contributed by atoms with E-state index in [0.717, 1.165) is 30.9 Å². The van der Waals surface area contributed by atoms with E-state index in [1.807, 2.05) is 19.1 Å². The molecule has 1 heterocycles. The number of aliphatic hydroxyl groups excluding tert-OH is 1. The van der Waals surface area contributed by atoms with E-state index in [1.54, 1.807) is 0 Å². The highest BCUT2D eigenvalue weighted by atomic mass is 16.3. The summed E-state index contributed by atoms with van der Waals surface area (Å²) in [5.41, 5.74) is 0.0914. The summed E-state index contributed by atoms with van der Waals surface area (Å²) >= 11 is 0. The zero-order valence-corrected chi connectivity index (χ0v) is 11.5. The van der Waals surface area contributed by atoms with Crippen LogP contribution in [-0.4, -0.2) is 18.3 Å². The number of rotatable bonds is 5. The van der Waals surface area contributed by atoms with Crippen molar-refractivity contribution in [3.63, 3.8) is 0 Å². The van der Waals surface area contributed by atoms with Crippen LogP contribution in [0.15, 0.2) is 16.5 Å². The van der Waals surface area contributed by atoms with Crippen molar-refractivity contribution in [2.45, 2.75) is 52.0 Å². The van der Waals surface area contributed by atoms with Crippen molar-refractivity contribution in [3.8, 4) is 0 Å². The van der Waals surface area contributed by atoms with Gasteiger partial charge in [-0.1, -0.05) is 19.3 Å². The molecule has 0 radical (unpaired) electrons. The molecule has 0 saturated heterocycles. The Hall–Kier alpha value is -0.800. The molecule has 2 rings (SSSR count). The van der Waals surface area contributed by atoms with Gasteiger partial charge in [-0.05, 0) is 38.8 Å². The summed E-state index contributed by atoms with van der Waals surface area (Å²) in [5, 5.41) is 13.2. The van der Waals surface area contributed by atoms with Crippen LogP contribution in [0.25, 0.3) is 0 Å². The van der Waals surface area contributed by atoms with Gasteiger partial charge < -0.3 is 14.8 Å². The van der Waals surface area contributed by atoms with Crippen molar-refractivity contribution < 1.29 is 9.52 Å². The summed E-state index contributed by atoms with van der Waals surface area (Å²) < 4.78 is 5.63. The molecule has 1 aromatic rings. The van der Waals surface area contributed by atoms with Gasteiger partial charge in [0.2, 0.25) is 0 Å². The summed E-state index contributed by atoms with van der Waals surface area (Å²) in [7, 11) is 0. The largest absolute Gasteiger partial charge is 0.465 e. The molecule has 3 heteroatoms. The fourth-order valence-corrected chi connectivity index (χ4v) is 2.85. The van der Waals surface area contributed by atoms with E-state index in [-0.39, 0.29) is 11.5 Å². The molecule has 1 fully saturated rings. The smallest absolute Gasteiger partial charge is 0.120 e. The average Bonchev–Trinajstić information content (AvgIpc) is 2.84. The minimum Gasteiger partial charge on any atom is -0.465 e. The van der Waals surface area contributed by atoms with Crippen LogP contribution in [0.3, 0.4) is 0 Å². The maximum absolute atomic E-state index is 9.67. The molecule has 1 unspecified atom stereocenters. The summed E-state index contributed by atoms with van der Waals surface area (Å²) in [6.07, 6.45) is 6.09. The molecule has 0 amide bonds. The van der Waals surface area contributed by atoms with Gasteiger partial charge in [0.25, 0.3) is 0 Å². The Morgan fingerprint density at radius 1 is 1.33 bits per heavy atom. The number of hydrogen-bond donors (Lipinski definition) is 2. The normalized spacial score (nSPS) is 20.8. The fraction of sp³-hybridized carbons (Fsp3) is 0.733. The first kappa shape index (κ1) is 13.6. The Morgan fingerprint density at radius 3 is 2.61 bits per heavy atom. The van der Waals surface area contributed by atoms with Gasteiger partial charge in [0.15, 0.2) is 0 Å². The van der Waals surface area contributed by atoms with Crippen LogP contribution in [0, 0.1) is 12.3 Å². The Morgan fingerprint density at radius 2 is 2.06 bits per heavy atom. The van der Waals surface area contributed by atoms with Gasteiger partial charge >= 0.3 is 0 Å². The first-order valence-corrected chi connectivity index (χ1v) is 7.06. The molecule has 0 aromatic carbocycles. The maximum Gasteiger partial charge on any atom is 0.120 e. The van der Waals surface area contributed by atoms with Crippen molar-refractivity contribution in [2.75, 3.05) is 13.2 Å². The maximum atomic E-state index is 9.67. The molecule has 0 aliphatic heterocycles. The number of aliphatic hydroxyl groups is 1. The number of furan rings is 1. The van der Waals surface area contributed by atoms with Crippen LogP contribution >= 0.6 is 0 Å². The van der Waals surface area contributed by atoms with E-state index < -0.39 is 0 Å². The average molecular weight is 251 g/mol. The molecule has 1 aliphatic rings. The van der Waals surface area contributed by atoms with E-state index in [4.69, 9.17) is 4.42 Å². The Labute approximate surface area is 110 Å². The lowest BCUT2D eigenvalue weighted by molar-refractivity contribution is 0.0780. The van der Waals surface area contributed by atoms with E-state index >= 15 is 0 Å². The molecule has 1 atom stereocenters. The van der Waals surface area contributed by atoms with E-state index in [0.29, 0.717) is 6.61 Å². The topological polar surface area (TPSA) is 45.4 Å². The SMILES string of the molecule is Cc1ccc(C(C)NCC2(CO)CCCCC2)o1. The fourth-order valence-electron chi connectivity index (χ4n) is 2.85. The standard InChI is InChI=1S/C15H25NO2/c1-12-6-7-14(18-12)13(2)16-10-15(11-17)8-4-3-5-9-15/h6-7,13,16-17H,3-5,8-11H2,1-2H3. The lowest BCUT2D eigenvalue weighted by Crippen LogP contribution is -2.39. The van der Waals surface area contributed by atoms with E-state index in [1.165, 1.54) is 19.3 Å². The minimum absolute atomic E-state index is 0.0914. The van der Waals surface area contributed by atoms with Gasteiger partial charge in [0, 0.05) is 18.6 Å². The van der Waals surface area contributed by atoms with Crippen LogP contribution in [0.5, 0.6) is 0 Å². The monoisotopic (exact) mass is 251 g/mol. The van der Waals surface area contributed by atoms with Gasteiger partial charge in [-0.25, -0.2) is 0 Å². The van der Waals surface area contributed by atoms with Crippen LogP contribution in [0.2, 0.25) is 0 Å². The molecule has 18 heavy (non-hydrogen) atoms. The van der Waals surface area contributed by atoms with E-state index in [9.17, 15) is 5.11 Å². The van der Waals surface area contributed by atoms with Crippen molar-refractivity contribution in [1.82, 2.24) is 5.32 Å². The molecule has 1 saturated carbocycles. The highest BCUT2D eigenvalue weighted by Crippen LogP contribution is 2.35. The van der Waals surface area contributed by atoms with Gasteiger partial charge in [-0.2, -0.15) is 0 Å². The van der Waals surface area contributed by atoms with Gasteiger partial charge in [0.1, 0.15) is 11.5 Å². The lowest BCUT2D eigenvalue weighted by Gasteiger charge is -2.36. The van der Waals surface area contributed by atoms with Gasteiger partial charge in [-0.15, -0.1) is 0 Å². The summed E-state index contributed by atoms with van der Waals surface area (Å²) in [6, 6.07) is 4.24. The lowest BCUT2D eigenvalue weighted by atomic mass is 9.74. The first-order valence-electron chi connectivity index (χ1n) is 7.06. The van der Waals surface area contributed by atoms with E-state index in [2.05, 4.69) is 12.2 Å². The Bertz CT molecular complexity index is 366. The minimum atomic E-state index is 0.0914. The Kier molecular flexibility index (Phi) is 4.46. The zero-order valence-electron chi connectivity index (χ0n) is 11.5. The second kappa shape index (κ2) is 5.89. The third kappa shape index (κ3) is 3.15. The molecule has 3 nitrogen and oxygen atoms in total. The summed E-state index contributed by atoms with van der Waals surface area (Å²) in [4.78, 5) is 0. The number of aryl methyl sites for hydroxylation is 1. The quantitative estimate of drug-likeness (QED) is 0.845. The highest BCUT2D eigenvalue weighted by Gasteiger charge is 2.31. The van der Waals surface area contributed by atoms with Crippen molar-refractivity contribution in [1.29, 1.82) is 0 Å². The molecular weight excluding hydrogens is 226 g/mol. The summed E-state index contributed by atoms with van der Waals surface area (Å²) in [6.45, 7) is 5.26. The van der Waals surface area contributed by atoms with Crippen molar-refractivity contribution >= 4 is 0 Å². The first-order chi connectivity index (χ1) is 8.65. The van der Waals surface area contributed by atoms with Gasteiger partial charge in [0.05, 0.1) is 6.04 Å². The van der Waals surface area contributed by atoms with Gasteiger partial charge in [-0.3, -0.25) is 0 Å². The second-order valence-corrected chi connectivity index (χ2v) is 5.77. The summed E-state index contributed by atoms with van der Waals surface area (Å²) in [5.74, 6) is 1.93. The number of hydrogen-bond acceptors (Lipinski definition) is 3. The molecule has 1 aromatic heterocycles. The third-order valence-electron chi connectivity index (χ3n) is 4.22.